The van der Waals surface area contributed by atoms with E-state index in [1.807, 2.05) is 0 Å². The third-order valence-electron chi connectivity index (χ3n) is 5.08. The Morgan fingerprint density at radius 3 is 2.74 bits per heavy atom. The molecule has 1 unspecified atom stereocenters. The SMILES string of the molecule is Cc1n[nH]c(=O)c(C(=O)N2CCCC(c3cccc(C(F)(F)F)c3)C2)c1C. The van der Waals surface area contributed by atoms with Crippen molar-refractivity contribution in [1.82, 2.24) is 15.1 Å². The summed E-state index contributed by atoms with van der Waals surface area (Å²) in [5.74, 6) is -0.608. The van der Waals surface area contributed by atoms with E-state index in [0.29, 0.717) is 36.2 Å². The van der Waals surface area contributed by atoms with Gasteiger partial charge in [0.15, 0.2) is 0 Å². The van der Waals surface area contributed by atoms with Crippen LogP contribution in [0.3, 0.4) is 0 Å². The number of aryl methyl sites for hydroxylation is 1. The molecule has 1 saturated heterocycles. The van der Waals surface area contributed by atoms with E-state index in [1.165, 1.54) is 6.07 Å². The molecule has 27 heavy (non-hydrogen) atoms. The molecule has 1 N–H and O–H groups in total. The van der Waals surface area contributed by atoms with E-state index in [4.69, 9.17) is 0 Å². The molecular formula is C19H20F3N3O2. The number of nitrogens with one attached hydrogen (secondary N) is 1. The number of alkyl halides is 3. The van der Waals surface area contributed by atoms with Gasteiger partial charge in [-0.05, 0) is 43.9 Å². The fourth-order valence-electron chi connectivity index (χ4n) is 3.44. The second-order valence-corrected chi connectivity index (χ2v) is 6.85. The van der Waals surface area contributed by atoms with Gasteiger partial charge in [-0.3, -0.25) is 9.59 Å². The summed E-state index contributed by atoms with van der Waals surface area (Å²) < 4.78 is 38.9. The summed E-state index contributed by atoms with van der Waals surface area (Å²) in [6, 6.07) is 5.23. The van der Waals surface area contributed by atoms with Crippen LogP contribution in [0.15, 0.2) is 29.1 Å². The van der Waals surface area contributed by atoms with E-state index >= 15 is 0 Å². The first-order valence-corrected chi connectivity index (χ1v) is 8.71. The second kappa shape index (κ2) is 7.17. The van der Waals surface area contributed by atoms with Crippen molar-refractivity contribution in [3.63, 3.8) is 0 Å². The average molecular weight is 379 g/mol. The first-order valence-electron chi connectivity index (χ1n) is 8.71. The van der Waals surface area contributed by atoms with Gasteiger partial charge in [-0.1, -0.05) is 18.2 Å². The zero-order chi connectivity index (χ0) is 19.8. The van der Waals surface area contributed by atoms with Crippen molar-refractivity contribution in [3.8, 4) is 0 Å². The number of benzene rings is 1. The number of likely N-dealkylation sites (tertiary alicyclic amines) is 1. The number of aromatic amines is 1. The van der Waals surface area contributed by atoms with Crippen LogP contribution < -0.4 is 5.56 Å². The Balaban J connectivity index is 1.86. The van der Waals surface area contributed by atoms with Crippen LogP contribution in [0.4, 0.5) is 13.2 Å². The second-order valence-electron chi connectivity index (χ2n) is 6.85. The minimum absolute atomic E-state index is 0.0483. The number of piperidine rings is 1. The predicted molar refractivity (Wildman–Crippen MR) is 93.7 cm³/mol. The number of hydrogen-bond donors (Lipinski definition) is 1. The molecule has 3 rings (SSSR count). The molecule has 0 aliphatic carbocycles. The van der Waals surface area contributed by atoms with Gasteiger partial charge in [0.1, 0.15) is 5.56 Å². The zero-order valence-corrected chi connectivity index (χ0v) is 15.1. The van der Waals surface area contributed by atoms with Crippen LogP contribution in [-0.2, 0) is 6.18 Å². The smallest absolute Gasteiger partial charge is 0.338 e. The molecule has 1 amide bonds. The van der Waals surface area contributed by atoms with E-state index in [-0.39, 0.29) is 18.0 Å². The highest BCUT2D eigenvalue weighted by Gasteiger charge is 2.32. The Kier molecular flexibility index (Phi) is 5.08. The van der Waals surface area contributed by atoms with E-state index in [2.05, 4.69) is 10.2 Å². The molecule has 0 bridgehead atoms. The predicted octanol–water partition coefficient (Wildman–Crippen LogP) is 3.43. The molecule has 0 saturated carbocycles. The van der Waals surface area contributed by atoms with Crippen LogP contribution in [0.25, 0.3) is 0 Å². The summed E-state index contributed by atoms with van der Waals surface area (Å²) >= 11 is 0. The van der Waals surface area contributed by atoms with Crippen LogP contribution in [-0.4, -0.2) is 34.1 Å². The number of amides is 1. The number of carbonyl (C=O) groups is 1. The number of hydrogen-bond acceptors (Lipinski definition) is 3. The topological polar surface area (TPSA) is 66.1 Å². The van der Waals surface area contributed by atoms with E-state index in [1.54, 1.807) is 24.8 Å². The van der Waals surface area contributed by atoms with Crippen molar-refractivity contribution in [2.45, 2.75) is 38.8 Å². The van der Waals surface area contributed by atoms with Crippen molar-refractivity contribution in [3.05, 3.63) is 62.6 Å². The molecule has 1 aliphatic rings. The molecule has 0 radical (unpaired) electrons. The molecule has 5 nitrogen and oxygen atoms in total. The Hall–Kier alpha value is -2.64. The fourth-order valence-corrected chi connectivity index (χ4v) is 3.44. The molecule has 2 heterocycles. The number of nitrogens with zero attached hydrogens (tertiary/aromatic N) is 2. The summed E-state index contributed by atoms with van der Waals surface area (Å²) in [6.45, 7) is 4.11. The van der Waals surface area contributed by atoms with Gasteiger partial charge in [0, 0.05) is 19.0 Å². The summed E-state index contributed by atoms with van der Waals surface area (Å²) in [4.78, 5) is 26.5. The van der Waals surface area contributed by atoms with Crippen LogP contribution in [0.5, 0.6) is 0 Å². The van der Waals surface area contributed by atoms with Crippen LogP contribution in [0, 0.1) is 13.8 Å². The van der Waals surface area contributed by atoms with Gasteiger partial charge >= 0.3 is 6.18 Å². The molecule has 8 heteroatoms. The maximum atomic E-state index is 13.0. The lowest BCUT2D eigenvalue weighted by atomic mass is 9.89. The number of carbonyl (C=O) groups excluding carboxylic acids is 1. The standard InChI is InChI=1S/C19H20F3N3O2/c1-11-12(2)23-24-17(26)16(11)18(27)25-8-4-6-14(10-25)13-5-3-7-15(9-13)19(20,21)22/h3,5,7,9,14H,4,6,8,10H2,1-2H3,(H,24,26). The van der Waals surface area contributed by atoms with Gasteiger partial charge in [-0.15, -0.1) is 0 Å². The summed E-state index contributed by atoms with van der Waals surface area (Å²) in [7, 11) is 0. The van der Waals surface area contributed by atoms with Gasteiger partial charge in [0.2, 0.25) is 0 Å². The van der Waals surface area contributed by atoms with Crippen LogP contribution in [0.1, 0.15) is 51.5 Å². The van der Waals surface area contributed by atoms with Crippen molar-refractivity contribution < 1.29 is 18.0 Å². The Bertz CT molecular complexity index is 921. The Morgan fingerprint density at radius 1 is 1.30 bits per heavy atom. The normalized spacial score (nSPS) is 17.8. The van der Waals surface area contributed by atoms with Crippen LogP contribution in [0.2, 0.25) is 0 Å². The maximum absolute atomic E-state index is 13.0. The van der Waals surface area contributed by atoms with Gasteiger partial charge in [-0.25, -0.2) is 5.10 Å². The van der Waals surface area contributed by atoms with Crippen molar-refractivity contribution >= 4 is 5.91 Å². The van der Waals surface area contributed by atoms with Gasteiger partial charge in [0.05, 0.1) is 11.3 Å². The third kappa shape index (κ3) is 3.89. The lowest BCUT2D eigenvalue weighted by Gasteiger charge is -2.33. The molecule has 1 aromatic heterocycles. The van der Waals surface area contributed by atoms with E-state index in [9.17, 15) is 22.8 Å². The van der Waals surface area contributed by atoms with E-state index in [0.717, 1.165) is 12.1 Å². The third-order valence-corrected chi connectivity index (χ3v) is 5.08. The molecule has 1 atom stereocenters. The Labute approximate surface area is 154 Å². The number of aromatic nitrogens is 2. The molecule has 1 fully saturated rings. The molecule has 1 aromatic carbocycles. The lowest BCUT2D eigenvalue weighted by molar-refractivity contribution is -0.137. The molecule has 2 aromatic rings. The maximum Gasteiger partial charge on any atom is 0.416 e. The van der Waals surface area contributed by atoms with Crippen molar-refractivity contribution in [1.29, 1.82) is 0 Å². The van der Waals surface area contributed by atoms with Gasteiger partial charge in [-0.2, -0.15) is 18.3 Å². The average Bonchev–Trinajstić information content (AvgIpc) is 2.64. The number of halogens is 3. The van der Waals surface area contributed by atoms with Gasteiger partial charge < -0.3 is 4.90 Å². The molecule has 1 aliphatic heterocycles. The monoisotopic (exact) mass is 379 g/mol. The Morgan fingerprint density at radius 2 is 2.04 bits per heavy atom. The van der Waals surface area contributed by atoms with Crippen LogP contribution >= 0.6 is 0 Å². The minimum Gasteiger partial charge on any atom is -0.338 e. The summed E-state index contributed by atoms with van der Waals surface area (Å²) in [6.07, 6.45) is -3.05. The van der Waals surface area contributed by atoms with E-state index < -0.39 is 23.2 Å². The summed E-state index contributed by atoms with van der Waals surface area (Å²) in [5.41, 5.74) is 0.435. The highest BCUT2D eigenvalue weighted by molar-refractivity contribution is 5.95. The van der Waals surface area contributed by atoms with Gasteiger partial charge in [0.25, 0.3) is 11.5 Å². The highest BCUT2D eigenvalue weighted by atomic mass is 19.4. The minimum atomic E-state index is -4.40. The fraction of sp³-hybridized carbons (Fsp3) is 0.421. The van der Waals surface area contributed by atoms with Crippen molar-refractivity contribution in [2.24, 2.45) is 0 Å². The zero-order valence-electron chi connectivity index (χ0n) is 15.1. The lowest BCUT2D eigenvalue weighted by Crippen LogP contribution is -2.42. The number of rotatable bonds is 2. The first kappa shape index (κ1) is 19.1. The number of H-pyrrole nitrogens is 1. The summed E-state index contributed by atoms with van der Waals surface area (Å²) in [5, 5.41) is 6.16. The quantitative estimate of drug-likeness (QED) is 0.870. The molecule has 0 spiro atoms. The molecular weight excluding hydrogens is 359 g/mol. The molecule has 144 valence electrons. The first-order chi connectivity index (χ1) is 12.7. The largest absolute Gasteiger partial charge is 0.416 e. The highest BCUT2D eigenvalue weighted by Crippen LogP contribution is 2.33. The van der Waals surface area contributed by atoms with Crippen molar-refractivity contribution in [2.75, 3.05) is 13.1 Å².